The van der Waals surface area contributed by atoms with Crippen LogP contribution in [0, 0.1) is 10.1 Å². The van der Waals surface area contributed by atoms with Gasteiger partial charge in [-0.15, -0.1) is 0 Å². The van der Waals surface area contributed by atoms with E-state index in [4.69, 9.17) is 4.74 Å². The molecule has 0 bridgehead atoms. The summed E-state index contributed by atoms with van der Waals surface area (Å²) in [6.45, 7) is 0.337. The van der Waals surface area contributed by atoms with Crippen molar-refractivity contribution in [3.8, 4) is 5.75 Å². The molecule has 0 radical (unpaired) electrons. The van der Waals surface area contributed by atoms with Gasteiger partial charge in [0, 0.05) is 25.6 Å². The standard InChI is InChI=1S/C21H25F3N4O4/c1-27(2)19(14-5-4-6-16(11-14)32-3)13-26-20(29)9-10-25-17-8-7-15(21(22,23)24)12-18(17)28(30)31/h4-8,11-12,19,25H,9-10,13H2,1-3H3,(H,26,29). The lowest BCUT2D eigenvalue weighted by Gasteiger charge is -2.25. The maximum atomic E-state index is 12.8. The fourth-order valence-electron chi connectivity index (χ4n) is 3.07. The Balaban J connectivity index is 1.94. The zero-order valence-electron chi connectivity index (χ0n) is 17.9. The van der Waals surface area contributed by atoms with E-state index in [1.165, 1.54) is 0 Å². The predicted molar refractivity (Wildman–Crippen MR) is 114 cm³/mol. The van der Waals surface area contributed by atoms with Crippen molar-refractivity contribution in [2.45, 2.75) is 18.6 Å². The first-order valence-corrected chi connectivity index (χ1v) is 9.69. The monoisotopic (exact) mass is 454 g/mol. The van der Waals surface area contributed by atoms with Crippen LogP contribution in [0.5, 0.6) is 5.75 Å². The molecule has 2 N–H and O–H groups in total. The van der Waals surface area contributed by atoms with E-state index in [-0.39, 0.29) is 30.6 Å². The summed E-state index contributed by atoms with van der Waals surface area (Å²) in [5, 5.41) is 16.6. The number of nitrogens with one attached hydrogen (secondary N) is 2. The smallest absolute Gasteiger partial charge is 0.416 e. The molecule has 0 aliphatic rings. The van der Waals surface area contributed by atoms with Crippen molar-refractivity contribution < 1.29 is 27.6 Å². The van der Waals surface area contributed by atoms with Crippen LogP contribution in [0.4, 0.5) is 24.5 Å². The van der Waals surface area contributed by atoms with Crippen molar-refractivity contribution >= 4 is 17.3 Å². The van der Waals surface area contributed by atoms with Crippen LogP contribution in [0.25, 0.3) is 0 Å². The predicted octanol–water partition coefficient (Wildman–Crippen LogP) is 3.84. The molecule has 1 amide bonds. The number of ether oxygens (including phenoxy) is 1. The Labute approximate surface area is 183 Å². The molecule has 0 aromatic heterocycles. The lowest BCUT2D eigenvalue weighted by Crippen LogP contribution is -2.35. The van der Waals surface area contributed by atoms with Gasteiger partial charge >= 0.3 is 6.18 Å². The average molecular weight is 454 g/mol. The van der Waals surface area contributed by atoms with E-state index in [0.717, 1.165) is 17.7 Å². The van der Waals surface area contributed by atoms with Gasteiger partial charge in [0.25, 0.3) is 5.69 Å². The molecule has 174 valence electrons. The molecule has 2 aromatic rings. The van der Waals surface area contributed by atoms with Crippen molar-refractivity contribution in [3.63, 3.8) is 0 Å². The number of benzene rings is 2. The highest BCUT2D eigenvalue weighted by molar-refractivity contribution is 5.76. The second-order valence-corrected chi connectivity index (χ2v) is 7.22. The summed E-state index contributed by atoms with van der Waals surface area (Å²) in [6.07, 6.45) is -4.70. The SMILES string of the molecule is COc1cccc(C(CNC(=O)CCNc2ccc(C(F)(F)F)cc2[N+](=O)[O-])N(C)C)c1. The van der Waals surface area contributed by atoms with Crippen molar-refractivity contribution in [3.05, 3.63) is 63.7 Å². The minimum absolute atomic E-state index is 0.0174. The number of amides is 1. The summed E-state index contributed by atoms with van der Waals surface area (Å²) in [5.74, 6) is 0.393. The number of nitro groups is 1. The first kappa shape index (κ1) is 24.9. The topological polar surface area (TPSA) is 96.7 Å². The minimum atomic E-state index is -4.69. The zero-order chi connectivity index (χ0) is 23.9. The van der Waals surface area contributed by atoms with Gasteiger partial charge in [-0.25, -0.2) is 0 Å². The molecule has 2 rings (SSSR count). The molecule has 0 fully saturated rings. The first-order valence-electron chi connectivity index (χ1n) is 9.69. The summed E-state index contributed by atoms with van der Waals surface area (Å²) in [6, 6.07) is 9.58. The van der Waals surface area contributed by atoms with Crippen LogP contribution in [0.3, 0.4) is 0 Å². The number of alkyl halides is 3. The number of carbonyl (C=O) groups excluding carboxylic acids is 1. The lowest BCUT2D eigenvalue weighted by atomic mass is 10.1. The Kier molecular flexibility index (Phi) is 8.41. The molecule has 0 heterocycles. The van der Waals surface area contributed by atoms with Crippen molar-refractivity contribution in [2.24, 2.45) is 0 Å². The molecule has 11 heteroatoms. The number of hydrogen-bond acceptors (Lipinski definition) is 6. The molecule has 32 heavy (non-hydrogen) atoms. The Morgan fingerprint density at radius 2 is 1.94 bits per heavy atom. The van der Waals surface area contributed by atoms with Gasteiger partial charge in [-0.05, 0) is 43.9 Å². The number of methoxy groups -OCH3 is 1. The number of nitrogens with zero attached hydrogens (tertiary/aromatic N) is 2. The van der Waals surface area contributed by atoms with Crippen molar-refractivity contribution in [1.82, 2.24) is 10.2 Å². The lowest BCUT2D eigenvalue weighted by molar-refractivity contribution is -0.384. The van der Waals surface area contributed by atoms with Crippen LogP contribution in [-0.2, 0) is 11.0 Å². The third-order valence-corrected chi connectivity index (χ3v) is 4.78. The van der Waals surface area contributed by atoms with E-state index >= 15 is 0 Å². The number of nitro benzene ring substituents is 1. The molecule has 0 aliphatic heterocycles. The van der Waals surface area contributed by atoms with Crippen LogP contribution in [0.1, 0.15) is 23.6 Å². The van der Waals surface area contributed by atoms with Crippen LogP contribution >= 0.6 is 0 Å². The van der Waals surface area contributed by atoms with E-state index in [0.29, 0.717) is 18.4 Å². The van der Waals surface area contributed by atoms with E-state index in [9.17, 15) is 28.1 Å². The minimum Gasteiger partial charge on any atom is -0.497 e. The second kappa shape index (κ2) is 10.8. The fraction of sp³-hybridized carbons (Fsp3) is 0.381. The quantitative estimate of drug-likeness (QED) is 0.418. The normalized spacial score (nSPS) is 12.3. The van der Waals surface area contributed by atoms with Crippen molar-refractivity contribution in [2.75, 3.05) is 39.6 Å². The Bertz CT molecular complexity index is 951. The second-order valence-electron chi connectivity index (χ2n) is 7.22. The van der Waals surface area contributed by atoms with E-state index in [1.54, 1.807) is 7.11 Å². The van der Waals surface area contributed by atoms with Crippen LogP contribution in [0.2, 0.25) is 0 Å². The van der Waals surface area contributed by atoms with E-state index < -0.39 is 22.4 Å². The fourth-order valence-corrected chi connectivity index (χ4v) is 3.07. The van der Waals surface area contributed by atoms with Gasteiger partial charge < -0.3 is 20.3 Å². The number of rotatable bonds is 10. The van der Waals surface area contributed by atoms with Gasteiger partial charge in [0.15, 0.2) is 0 Å². The molecule has 1 atom stereocenters. The number of carbonyl (C=O) groups is 1. The van der Waals surface area contributed by atoms with Crippen molar-refractivity contribution in [1.29, 1.82) is 0 Å². The van der Waals surface area contributed by atoms with Gasteiger partial charge in [-0.1, -0.05) is 12.1 Å². The summed E-state index contributed by atoms with van der Waals surface area (Å²) in [4.78, 5) is 24.4. The molecular weight excluding hydrogens is 429 g/mol. The summed E-state index contributed by atoms with van der Waals surface area (Å²) in [7, 11) is 5.32. The Morgan fingerprint density at radius 1 is 1.22 bits per heavy atom. The molecule has 1 unspecified atom stereocenters. The van der Waals surface area contributed by atoms with E-state index in [2.05, 4.69) is 10.6 Å². The molecule has 0 spiro atoms. The maximum absolute atomic E-state index is 12.8. The van der Waals surface area contributed by atoms with Gasteiger partial charge in [0.1, 0.15) is 11.4 Å². The molecule has 0 saturated carbocycles. The van der Waals surface area contributed by atoms with Gasteiger partial charge in [0.2, 0.25) is 5.91 Å². The van der Waals surface area contributed by atoms with Gasteiger partial charge in [-0.2, -0.15) is 13.2 Å². The van der Waals surface area contributed by atoms with Crippen LogP contribution < -0.4 is 15.4 Å². The number of likely N-dealkylation sites (N-methyl/N-ethyl adjacent to an activating group) is 1. The largest absolute Gasteiger partial charge is 0.497 e. The third kappa shape index (κ3) is 6.84. The zero-order valence-corrected chi connectivity index (χ0v) is 17.9. The van der Waals surface area contributed by atoms with Crippen LogP contribution in [-0.4, -0.2) is 50.0 Å². The highest BCUT2D eigenvalue weighted by atomic mass is 19.4. The Hall–Kier alpha value is -3.34. The number of halogens is 3. The molecule has 2 aromatic carbocycles. The number of anilines is 1. The summed E-state index contributed by atoms with van der Waals surface area (Å²) >= 11 is 0. The maximum Gasteiger partial charge on any atom is 0.416 e. The van der Waals surface area contributed by atoms with Gasteiger partial charge in [0.05, 0.1) is 23.6 Å². The first-order chi connectivity index (χ1) is 15.0. The molecular formula is C21H25F3N4O4. The molecule has 0 saturated heterocycles. The summed E-state index contributed by atoms with van der Waals surface area (Å²) in [5.41, 5.74) is -0.947. The number of hydrogen-bond donors (Lipinski definition) is 2. The highest BCUT2D eigenvalue weighted by Crippen LogP contribution is 2.34. The molecule has 8 nitrogen and oxygen atoms in total. The van der Waals surface area contributed by atoms with Crippen LogP contribution in [0.15, 0.2) is 42.5 Å². The highest BCUT2D eigenvalue weighted by Gasteiger charge is 2.33. The third-order valence-electron chi connectivity index (χ3n) is 4.78. The summed E-state index contributed by atoms with van der Waals surface area (Å²) < 4.78 is 43.6. The average Bonchev–Trinajstić information content (AvgIpc) is 2.73. The van der Waals surface area contributed by atoms with Gasteiger partial charge in [-0.3, -0.25) is 14.9 Å². The molecule has 0 aliphatic carbocycles. The van der Waals surface area contributed by atoms with E-state index in [1.807, 2.05) is 43.3 Å². The Morgan fingerprint density at radius 3 is 2.53 bits per heavy atom.